The van der Waals surface area contributed by atoms with Crippen molar-refractivity contribution in [1.82, 2.24) is 0 Å². The van der Waals surface area contributed by atoms with E-state index in [0.717, 1.165) is 0 Å². The second-order valence-electron chi connectivity index (χ2n) is 4.71. The van der Waals surface area contributed by atoms with Crippen LogP contribution in [-0.2, 0) is 14.3 Å². The molecule has 0 radical (unpaired) electrons. The van der Waals surface area contributed by atoms with Gasteiger partial charge in [-0.3, -0.25) is 14.9 Å². The van der Waals surface area contributed by atoms with E-state index in [4.69, 9.17) is 9.84 Å². The topological polar surface area (TPSA) is 128 Å². The third kappa shape index (κ3) is 3.14. The molecule has 0 saturated carbocycles. The number of carboxylic acids is 1. The number of anilines is 1. The Hall–Kier alpha value is -2.68. The van der Waals surface area contributed by atoms with Gasteiger partial charge in [-0.1, -0.05) is 0 Å². The van der Waals surface area contributed by atoms with Gasteiger partial charge < -0.3 is 19.9 Å². The largest absolute Gasteiger partial charge is 0.481 e. The molecule has 0 unspecified atom stereocenters. The van der Waals surface area contributed by atoms with Crippen LogP contribution in [0.25, 0.3) is 0 Å². The van der Waals surface area contributed by atoms with E-state index in [-0.39, 0.29) is 30.2 Å². The zero-order chi connectivity index (χ0) is 16.3. The third-order valence-corrected chi connectivity index (χ3v) is 3.35. The summed E-state index contributed by atoms with van der Waals surface area (Å²) in [6.07, 6.45) is 0. The second kappa shape index (κ2) is 6.39. The van der Waals surface area contributed by atoms with Crippen molar-refractivity contribution < 1.29 is 29.1 Å². The van der Waals surface area contributed by atoms with E-state index in [1.54, 1.807) is 0 Å². The molecule has 2 rings (SSSR count). The number of aliphatic carboxylic acids is 1. The van der Waals surface area contributed by atoms with Crippen LogP contribution in [0.3, 0.4) is 0 Å². The van der Waals surface area contributed by atoms with Crippen LogP contribution >= 0.6 is 0 Å². The molecule has 1 aromatic rings. The van der Waals surface area contributed by atoms with Crippen molar-refractivity contribution in [3.63, 3.8) is 0 Å². The molecule has 1 aromatic carbocycles. The van der Waals surface area contributed by atoms with Gasteiger partial charge >= 0.3 is 11.9 Å². The van der Waals surface area contributed by atoms with Gasteiger partial charge in [-0.05, 0) is 12.1 Å². The van der Waals surface area contributed by atoms with Crippen LogP contribution in [0.1, 0.15) is 10.4 Å². The molecule has 118 valence electrons. The number of carbonyl (C=O) groups excluding carboxylic acids is 1. The Balaban J connectivity index is 2.32. The van der Waals surface area contributed by atoms with E-state index >= 15 is 0 Å². The molecule has 1 aliphatic rings. The lowest BCUT2D eigenvalue weighted by molar-refractivity contribution is -0.384. The van der Waals surface area contributed by atoms with Crippen LogP contribution in [0.2, 0.25) is 0 Å². The van der Waals surface area contributed by atoms with Gasteiger partial charge in [-0.2, -0.15) is 0 Å². The number of nitro groups is 1. The lowest BCUT2D eigenvalue weighted by atomic mass is 10.0. The Labute approximate surface area is 125 Å². The minimum Gasteiger partial charge on any atom is -0.481 e. The Morgan fingerprint density at radius 2 is 2.18 bits per heavy atom. The predicted octanol–water partition coefficient (Wildman–Crippen LogP) is 0.893. The van der Waals surface area contributed by atoms with E-state index in [1.165, 1.54) is 25.3 Å². The summed E-state index contributed by atoms with van der Waals surface area (Å²) in [5.41, 5.74) is -0.0836. The number of ether oxygens (including phenoxy) is 2. The summed E-state index contributed by atoms with van der Waals surface area (Å²) in [4.78, 5) is 33.1. The molecule has 0 amide bonds. The summed E-state index contributed by atoms with van der Waals surface area (Å²) in [7, 11) is 1.20. The molecule has 1 heterocycles. The summed E-state index contributed by atoms with van der Waals surface area (Å²) in [6.45, 7) is 0.133. The van der Waals surface area contributed by atoms with Gasteiger partial charge in [-0.15, -0.1) is 0 Å². The van der Waals surface area contributed by atoms with Gasteiger partial charge in [0, 0.05) is 6.07 Å². The molecule has 22 heavy (non-hydrogen) atoms. The molecule has 9 heteroatoms. The van der Waals surface area contributed by atoms with E-state index in [2.05, 4.69) is 10.1 Å². The Morgan fingerprint density at radius 1 is 1.45 bits per heavy atom. The first kappa shape index (κ1) is 15.7. The van der Waals surface area contributed by atoms with Gasteiger partial charge in [-0.25, -0.2) is 4.79 Å². The highest BCUT2D eigenvalue weighted by Gasteiger charge is 2.35. The summed E-state index contributed by atoms with van der Waals surface area (Å²) in [5.74, 6) is -2.52. The lowest BCUT2D eigenvalue weighted by Crippen LogP contribution is -2.33. The predicted molar refractivity (Wildman–Crippen MR) is 73.8 cm³/mol. The average molecular weight is 310 g/mol. The van der Waals surface area contributed by atoms with Crippen molar-refractivity contribution in [2.45, 2.75) is 6.04 Å². The first-order valence-electron chi connectivity index (χ1n) is 6.38. The molecule has 2 atom stereocenters. The zero-order valence-electron chi connectivity index (χ0n) is 11.6. The smallest absolute Gasteiger partial charge is 0.337 e. The number of nitrogens with one attached hydrogen (secondary N) is 1. The van der Waals surface area contributed by atoms with Crippen molar-refractivity contribution in [2.24, 2.45) is 5.92 Å². The van der Waals surface area contributed by atoms with Crippen molar-refractivity contribution in [2.75, 3.05) is 25.6 Å². The summed E-state index contributed by atoms with van der Waals surface area (Å²) >= 11 is 0. The highest BCUT2D eigenvalue weighted by Crippen LogP contribution is 2.29. The van der Waals surface area contributed by atoms with Gasteiger partial charge in [0.15, 0.2) is 0 Å². The SMILES string of the molecule is COC(=O)c1ccc([N+](=O)[O-])c(N[C@H]2COC[C@H]2C(=O)O)c1. The number of benzene rings is 1. The molecule has 0 spiro atoms. The maximum Gasteiger partial charge on any atom is 0.337 e. The van der Waals surface area contributed by atoms with Crippen LogP contribution < -0.4 is 5.32 Å². The van der Waals surface area contributed by atoms with Crippen molar-refractivity contribution in [3.05, 3.63) is 33.9 Å². The number of hydrogen-bond acceptors (Lipinski definition) is 7. The van der Waals surface area contributed by atoms with Crippen molar-refractivity contribution in [1.29, 1.82) is 0 Å². The van der Waals surface area contributed by atoms with Gasteiger partial charge in [0.2, 0.25) is 0 Å². The summed E-state index contributed by atoms with van der Waals surface area (Å²) < 4.78 is 9.66. The first-order chi connectivity index (χ1) is 10.4. The van der Waals surface area contributed by atoms with Crippen LogP contribution in [0.5, 0.6) is 0 Å². The Bertz CT molecular complexity index is 616. The number of carboxylic acid groups (broad SMARTS) is 1. The maximum atomic E-state index is 11.5. The van der Waals surface area contributed by atoms with Crippen molar-refractivity contribution in [3.8, 4) is 0 Å². The van der Waals surface area contributed by atoms with Crippen LogP contribution in [0.15, 0.2) is 18.2 Å². The zero-order valence-corrected chi connectivity index (χ0v) is 11.6. The van der Waals surface area contributed by atoms with Gasteiger partial charge in [0.1, 0.15) is 11.6 Å². The average Bonchev–Trinajstić information content (AvgIpc) is 2.94. The van der Waals surface area contributed by atoms with Gasteiger partial charge in [0.25, 0.3) is 5.69 Å². The van der Waals surface area contributed by atoms with Crippen molar-refractivity contribution >= 4 is 23.3 Å². The lowest BCUT2D eigenvalue weighted by Gasteiger charge is -2.17. The quantitative estimate of drug-likeness (QED) is 0.466. The second-order valence-corrected chi connectivity index (χ2v) is 4.71. The normalized spacial score (nSPS) is 20.4. The number of rotatable bonds is 5. The molecule has 2 N–H and O–H groups in total. The van der Waals surface area contributed by atoms with Gasteiger partial charge in [0.05, 0.1) is 36.9 Å². The van der Waals surface area contributed by atoms with Crippen LogP contribution in [-0.4, -0.2) is 48.3 Å². The van der Waals surface area contributed by atoms with E-state index in [0.29, 0.717) is 0 Å². The minimum atomic E-state index is -1.05. The fourth-order valence-electron chi connectivity index (χ4n) is 2.20. The molecular weight excluding hydrogens is 296 g/mol. The molecule has 0 aliphatic carbocycles. The molecule has 0 aromatic heterocycles. The first-order valence-corrected chi connectivity index (χ1v) is 6.38. The number of nitrogens with zero attached hydrogens (tertiary/aromatic N) is 1. The molecule has 1 saturated heterocycles. The fourth-order valence-corrected chi connectivity index (χ4v) is 2.20. The number of hydrogen-bond donors (Lipinski definition) is 2. The highest BCUT2D eigenvalue weighted by molar-refractivity contribution is 5.91. The van der Waals surface area contributed by atoms with Crippen LogP contribution in [0, 0.1) is 16.0 Å². The molecule has 9 nitrogen and oxygen atoms in total. The molecule has 1 aliphatic heterocycles. The monoisotopic (exact) mass is 310 g/mol. The standard InChI is InChI=1S/C13H14N2O7/c1-21-13(18)7-2-3-11(15(19)20)9(4-7)14-10-6-22-5-8(10)12(16)17/h2-4,8,10,14H,5-6H2,1H3,(H,16,17)/t8-,10+/m1/s1. The number of nitro benzene ring substituents is 1. The van der Waals surface area contributed by atoms with E-state index < -0.39 is 28.8 Å². The van der Waals surface area contributed by atoms with Crippen LogP contribution in [0.4, 0.5) is 11.4 Å². The molecule has 0 bridgehead atoms. The van der Waals surface area contributed by atoms with E-state index in [1.807, 2.05) is 0 Å². The molecular formula is C13H14N2O7. The number of methoxy groups -OCH3 is 1. The summed E-state index contributed by atoms with van der Waals surface area (Å²) in [6, 6.07) is 3.08. The third-order valence-electron chi connectivity index (χ3n) is 3.35. The highest BCUT2D eigenvalue weighted by atomic mass is 16.6. The fraction of sp³-hybridized carbons (Fsp3) is 0.385. The number of carbonyl (C=O) groups is 2. The number of esters is 1. The van der Waals surface area contributed by atoms with E-state index in [9.17, 15) is 19.7 Å². The minimum absolute atomic E-state index is 0.0253. The Morgan fingerprint density at radius 3 is 2.77 bits per heavy atom. The maximum absolute atomic E-state index is 11.5. The Kier molecular flexibility index (Phi) is 4.56. The molecule has 1 fully saturated rings. The summed E-state index contributed by atoms with van der Waals surface area (Å²) in [5, 5.41) is 22.9.